The Balaban J connectivity index is 2.20. The largest absolute Gasteiger partial charge is 0.497 e. The number of nitrogens with zero attached hydrogens (tertiary/aromatic N) is 1. The van der Waals surface area contributed by atoms with Crippen molar-refractivity contribution in [2.24, 2.45) is 0 Å². The van der Waals surface area contributed by atoms with Gasteiger partial charge in [0, 0.05) is 11.5 Å². The van der Waals surface area contributed by atoms with E-state index in [1.807, 2.05) is 55.5 Å². The Morgan fingerprint density at radius 3 is 2.33 bits per heavy atom. The minimum absolute atomic E-state index is 0.0482. The van der Waals surface area contributed by atoms with E-state index in [-0.39, 0.29) is 11.8 Å². The van der Waals surface area contributed by atoms with E-state index in [2.05, 4.69) is 15.9 Å². The third-order valence-corrected chi connectivity index (χ3v) is 4.20. The quantitative estimate of drug-likeness (QED) is 0.828. The summed E-state index contributed by atoms with van der Waals surface area (Å²) >= 11 is 3.48. The Hall–Kier alpha value is -1.81. The number of amides is 1. The molecule has 0 aliphatic rings. The van der Waals surface area contributed by atoms with Crippen molar-refractivity contribution in [1.82, 2.24) is 0 Å². The zero-order valence-electron chi connectivity index (χ0n) is 12.3. The molecular formula is C17H18BrNO2. The van der Waals surface area contributed by atoms with Crippen LogP contribution in [0.4, 0.5) is 5.69 Å². The van der Waals surface area contributed by atoms with Crippen molar-refractivity contribution in [3.05, 3.63) is 58.6 Å². The Kier molecular flexibility index (Phi) is 5.02. The van der Waals surface area contributed by atoms with Crippen LogP contribution in [-0.2, 0) is 4.79 Å². The summed E-state index contributed by atoms with van der Waals surface area (Å²) in [6, 6.07) is 15.3. The molecule has 0 saturated heterocycles. The highest BCUT2D eigenvalue weighted by Crippen LogP contribution is 2.28. The van der Waals surface area contributed by atoms with Gasteiger partial charge in [-0.05, 0) is 52.7 Å². The molecule has 1 unspecified atom stereocenters. The van der Waals surface area contributed by atoms with Crippen LogP contribution in [-0.4, -0.2) is 20.1 Å². The Morgan fingerprint density at radius 1 is 1.14 bits per heavy atom. The first-order valence-electron chi connectivity index (χ1n) is 6.70. The van der Waals surface area contributed by atoms with Gasteiger partial charge in [0.05, 0.1) is 18.7 Å². The lowest BCUT2D eigenvalue weighted by Gasteiger charge is -2.23. The fourth-order valence-corrected chi connectivity index (χ4v) is 2.72. The van der Waals surface area contributed by atoms with Gasteiger partial charge in [-0.15, -0.1) is 0 Å². The number of carbonyl (C=O) groups excluding carboxylic acids is 1. The molecule has 21 heavy (non-hydrogen) atoms. The van der Waals surface area contributed by atoms with Crippen molar-refractivity contribution in [2.75, 3.05) is 19.1 Å². The van der Waals surface area contributed by atoms with Gasteiger partial charge in [0.1, 0.15) is 5.75 Å². The second-order valence-corrected chi connectivity index (χ2v) is 5.70. The van der Waals surface area contributed by atoms with Crippen LogP contribution in [0.5, 0.6) is 5.75 Å². The van der Waals surface area contributed by atoms with Crippen LogP contribution in [0.2, 0.25) is 0 Å². The number of anilines is 1. The summed E-state index contributed by atoms with van der Waals surface area (Å²) in [6.07, 6.45) is 0. The minimum Gasteiger partial charge on any atom is -0.497 e. The normalized spacial score (nSPS) is 11.8. The van der Waals surface area contributed by atoms with Crippen LogP contribution in [0, 0.1) is 0 Å². The second kappa shape index (κ2) is 6.76. The van der Waals surface area contributed by atoms with Crippen LogP contribution in [0.1, 0.15) is 18.4 Å². The maximum absolute atomic E-state index is 12.6. The van der Waals surface area contributed by atoms with Crippen LogP contribution in [0.15, 0.2) is 53.0 Å². The highest BCUT2D eigenvalue weighted by molar-refractivity contribution is 9.10. The van der Waals surface area contributed by atoms with E-state index >= 15 is 0 Å². The summed E-state index contributed by atoms with van der Waals surface area (Å²) in [6.45, 7) is 1.91. The highest BCUT2D eigenvalue weighted by Gasteiger charge is 2.21. The van der Waals surface area contributed by atoms with Crippen molar-refractivity contribution in [3.63, 3.8) is 0 Å². The number of carbonyl (C=O) groups is 1. The predicted molar refractivity (Wildman–Crippen MR) is 89.0 cm³/mol. The summed E-state index contributed by atoms with van der Waals surface area (Å²) in [4.78, 5) is 14.3. The van der Waals surface area contributed by atoms with Crippen LogP contribution >= 0.6 is 15.9 Å². The number of hydrogen-bond donors (Lipinski definition) is 0. The molecule has 1 amide bonds. The van der Waals surface area contributed by atoms with Gasteiger partial charge in [-0.25, -0.2) is 0 Å². The van der Waals surface area contributed by atoms with E-state index < -0.39 is 0 Å². The van der Waals surface area contributed by atoms with Crippen LogP contribution < -0.4 is 9.64 Å². The second-order valence-electron chi connectivity index (χ2n) is 4.84. The molecule has 0 bridgehead atoms. The van der Waals surface area contributed by atoms with Crippen molar-refractivity contribution in [2.45, 2.75) is 12.8 Å². The van der Waals surface area contributed by atoms with Crippen molar-refractivity contribution < 1.29 is 9.53 Å². The van der Waals surface area contributed by atoms with Gasteiger partial charge in [-0.2, -0.15) is 0 Å². The molecule has 4 heteroatoms. The standard InChI is InChI=1S/C17H18BrNO2/c1-12(13-8-10-14(21-3)11-9-13)17(20)19(2)16-7-5-4-6-15(16)18/h4-12H,1-3H3. The number of methoxy groups -OCH3 is 1. The molecule has 1 atom stereocenters. The first-order chi connectivity index (χ1) is 10.0. The average Bonchev–Trinajstić information content (AvgIpc) is 2.53. The van der Waals surface area contributed by atoms with Crippen molar-refractivity contribution in [3.8, 4) is 5.75 Å². The number of para-hydroxylation sites is 1. The Bertz CT molecular complexity index is 625. The molecule has 2 aromatic carbocycles. The summed E-state index contributed by atoms with van der Waals surface area (Å²) in [5.74, 6) is 0.623. The molecule has 0 aliphatic heterocycles. The summed E-state index contributed by atoms with van der Waals surface area (Å²) in [7, 11) is 3.42. The third kappa shape index (κ3) is 3.45. The van der Waals surface area contributed by atoms with E-state index in [1.165, 1.54) is 0 Å². The van der Waals surface area contributed by atoms with Gasteiger partial charge in [-0.1, -0.05) is 24.3 Å². The van der Waals surface area contributed by atoms with Gasteiger partial charge in [0.2, 0.25) is 5.91 Å². The minimum atomic E-state index is -0.215. The molecule has 0 heterocycles. The van der Waals surface area contributed by atoms with Gasteiger partial charge >= 0.3 is 0 Å². The molecular weight excluding hydrogens is 330 g/mol. The Morgan fingerprint density at radius 2 is 1.76 bits per heavy atom. The fraction of sp³-hybridized carbons (Fsp3) is 0.235. The molecule has 0 saturated carbocycles. The zero-order chi connectivity index (χ0) is 15.4. The molecule has 0 aromatic heterocycles. The lowest BCUT2D eigenvalue weighted by Crippen LogP contribution is -2.30. The summed E-state index contributed by atoms with van der Waals surface area (Å²) < 4.78 is 6.05. The molecule has 2 rings (SSSR count). The lowest BCUT2D eigenvalue weighted by molar-refractivity contribution is -0.119. The number of rotatable bonds is 4. The average molecular weight is 348 g/mol. The molecule has 0 fully saturated rings. The van der Waals surface area contributed by atoms with E-state index in [9.17, 15) is 4.79 Å². The van der Waals surface area contributed by atoms with Gasteiger partial charge in [0.25, 0.3) is 0 Å². The summed E-state index contributed by atoms with van der Waals surface area (Å²) in [5, 5.41) is 0. The highest BCUT2D eigenvalue weighted by atomic mass is 79.9. The van der Waals surface area contributed by atoms with E-state index in [1.54, 1.807) is 19.1 Å². The lowest BCUT2D eigenvalue weighted by atomic mass is 9.99. The van der Waals surface area contributed by atoms with Crippen molar-refractivity contribution in [1.29, 1.82) is 0 Å². The third-order valence-electron chi connectivity index (χ3n) is 3.53. The molecule has 0 radical (unpaired) electrons. The number of benzene rings is 2. The molecule has 0 N–H and O–H groups in total. The zero-order valence-corrected chi connectivity index (χ0v) is 13.9. The smallest absolute Gasteiger partial charge is 0.234 e. The van der Waals surface area contributed by atoms with Crippen LogP contribution in [0.3, 0.4) is 0 Å². The first kappa shape index (κ1) is 15.6. The topological polar surface area (TPSA) is 29.5 Å². The van der Waals surface area contributed by atoms with Crippen molar-refractivity contribution >= 4 is 27.5 Å². The molecule has 2 aromatic rings. The summed E-state index contributed by atoms with van der Waals surface area (Å²) in [5.41, 5.74) is 1.84. The van der Waals surface area contributed by atoms with E-state index in [4.69, 9.17) is 4.74 Å². The monoisotopic (exact) mass is 347 g/mol. The SMILES string of the molecule is COc1ccc(C(C)C(=O)N(C)c2ccccc2Br)cc1. The fourth-order valence-electron chi connectivity index (χ4n) is 2.17. The van der Waals surface area contributed by atoms with Gasteiger partial charge in [0.15, 0.2) is 0 Å². The van der Waals surface area contributed by atoms with Gasteiger partial charge < -0.3 is 9.64 Å². The number of ether oxygens (including phenoxy) is 1. The first-order valence-corrected chi connectivity index (χ1v) is 7.50. The maximum Gasteiger partial charge on any atom is 0.234 e. The van der Waals surface area contributed by atoms with Crippen LogP contribution in [0.25, 0.3) is 0 Å². The van der Waals surface area contributed by atoms with E-state index in [0.717, 1.165) is 21.5 Å². The molecule has 3 nitrogen and oxygen atoms in total. The number of halogens is 1. The van der Waals surface area contributed by atoms with Gasteiger partial charge in [-0.3, -0.25) is 4.79 Å². The molecule has 110 valence electrons. The Labute approximate surface area is 133 Å². The number of likely N-dealkylation sites (N-methyl/N-ethyl adjacent to an activating group) is 1. The predicted octanol–water partition coefficient (Wildman–Crippen LogP) is 4.22. The maximum atomic E-state index is 12.6. The number of hydrogen-bond acceptors (Lipinski definition) is 2. The molecule has 0 spiro atoms. The van der Waals surface area contributed by atoms with E-state index in [0.29, 0.717) is 0 Å². The molecule has 0 aliphatic carbocycles.